The molecule has 14 heavy (non-hydrogen) atoms. The minimum Gasteiger partial charge on any atom is -0.312 e. The van der Waals surface area contributed by atoms with Gasteiger partial charge in [0.25, 0.3) is 5.91 Å². The highest BCUT2D eigenvalue weighted by atomic mass is 32.1. The standard InChI is InChI=1S/C5H5F3N4OS/c6-5(7,8)2(9)3(13)11-4-12-10-1-14-4/h1-2H,9H2,(H,11,12,13). The smallest absolute Gasteiger partial charge is 0.312 e. The van der Waals surface area contributed by atoms with Gasteiger partial charge in [0.05, 0.1) is 0 Å². The number of rotatable bonds is 2. The maximum atomic E-state index is 11.9. The summed E-state index contributed by atoms with van der Waals surface area (Å²) in [5.74, 6) is -1.35. The normalized spacial score (nSPS) is 13.7. The van der Waals surface area contributed by atoms with Crippen LogP contribution in [0.5, 0.6) is 0 Å². The van der Waals surface area contributed by atoms with Gasteiger partial charge in [-0.05, 0) is 0 Å². The van der Waals surface area contributed by atoms with Crippen LogP contribution in [0.3, 0.4) is 0 Å². The molecule has 1 heterocycles. The molecule has 0 aliphatic heterocycles. The highest BCUT2D eigenvalue weighted by molar-refractivity contribution is 7.13. The van der Waals surface area contributed by atoms with E-state index >= 15 is 0 Å². The van der Waals surface area contributed by atoms with E-state index in [-0.39, 0.29) is 5.13 Å². The van der Waals surface area contributed by atoms with Gasteiger partial charge in [-0.1, -0.05) is 11.3 Å². The van der Waals surface area contributed by atoms with Gasteiger partial charge in [0.15, 0.2) is 6.04 Å². The van der Waals surface area contributed by atoms with E-state index in [1.54, 1.807) is 0 Å². The number of hydrogen-bond acceptors (Lipinski definition) is 5. The van der Waals surface area contributed by atoms with Crippen LogP contribution in [0.4, 0.5) is 18.3 Å². The zero-order valence-corrected chi connectivity index (χ0v) is 7.39. The van der Waals surface area contributed by atoms with Crippen molar-refractivity contribution in [1.82, 2.24) is 10.2 Å². The molecule has 5 nitrogen and oxygen atoms in total. The summed E-state index contributed by atoms with van der Waals surface area (Å²) in [5.41, 5.74) is 5.90. The molecule has 0 aliphatic rings. The second-order valence-corrected chi connectivity index (χ2v) is 3.09. The van der Waals surface area contributed by atoms with Crippen LogP contribution in [-0.2, 0) is 4.79 Å². The first-order valence-electron chi connectivity index (χ1n) is 3.30. The lowest BCUT2D eigenvalue weighted by atomic mass is 10.3. The first-order valence-corrected chi connectivity index (χ1v) is 4.18. The van der Waals surface area contributed by atoms with Crippen LogP contribution in [0.2, 0.25) is 0 Å². The molecule has 1 aromatic rings. The summed E-state index contributed by atoms with van der Waals surface area (Å²) in [6, 6.07) is -2.55. The first-order chi connectivity index (χ1) is 6.41. The predicted molar refractivity (Wildman–Crippen MR) is 42.6 cm³/mol. The summed E-state index contributed by atoms with van der Waals surface area (Å²) in [4.78, 5) is 10.8. The van der Waals surface area contributed by atoms with Crippen molar-refractivity contribution in [3.63, 3.8) is 0 Å². The number of anilines is 1. The van der Waals surface area contributed by atoms with E-state index in [1.807, 2.05) is 5.32 Å². The second kappa shape index (κ2) is 3.88. The molecule has 3 N–H and O–H groups in total. The third-order valence-electron chi connectivity index (χ3n) is 1.23. The lowest BCUT2D eigenvalue weighted by molar-refractivity contribution is -0.159. The van der Waals surface area contributed by atoms with Crippen molar-refractivity contribution in [3.8, 4) is 0 Å². The second-order valence-electron chi connectivity index (χ2n) is 2.25. The first kappa shape index (κ1) is 10.9. The average molecular weight is 226 g/mol. The van der Waals surface area contributed by atoms with Crippen molar-refractivity contribution < 1.29 is 18.0 Å². The number of nitrogens with zero attached hydrogens (tertiary/aromatic N) is 2. The van der Waals surface area contributed by atoms with Crippen LogP contribution in [0.15, 0.2) is 5.51 Å². The number of nitrogens with one attached hydrogen (secondary N) is 1. The molecule has 0 saturated heterocycles. The molecule has 0 aliphatic carbocycles. The fourth-order valence-corrected chi connectivity index (χ4v) is 1.01. The van der Waals surface area contributed by atoms with Gasteiger partial charge in [-0.3, -0.25) is 10.1 Å². The summed E-state index contributed by atoms with van der Waals surface area (Å²) < 4.78 is 35.7. The zero-order valence-electron chi connectivity index (χ0n) is 6.58. The molecular formula is C5H5F3N4OS. The van der Waals surface area contributed by atoms with Gasteiger partial charge in [-0.25, -0.2) is 0 Å². The van der Waals surface area contributed by atoms with Crippen molar-refractivity contribution in [1.29, 1.82) is 0 Å². The summed E-state index contributed by atoms with van der Waals surface area (Å²) in [7, 11) is 0. The Bertz CT molecular complexity index is 311. The van der Waals surface area contributed by atoms with Gasteiger partial charge >= 0.3 is 6.18 Å². The molecule has 1 atom stereocenters. The fraction of sp³-hybridized carbons (Fsp3) is 0.400. The maximum absolute atomic E-state index is 11.9. The van der Waals surface area contributed by atoms with Crippen molar-refractivity contribution >= 4 is 22.4 Å². The number of aromatic nitrogens is 2. The molecule has 1 aromatic heterocycles. The quantitative estimate of drug-likeness (QED) is 0.763. The van der Waals surface area contributed by atoms with E-state index in [4.69, 9.17) is 0 Å². The molecule has 0 bridgehead atoms. The van der Waals surface area contributed by atoms with Crippen LogP contribution in [0, 0.1) is 0 Å². The van der Waals surface area contributed by atoms with Crippen LogP contribution >= 0.6 is 11.3 Å². The highest BCUT2D eigenvalue weighted by Crippen LogP contribution is 2.19. The number of carbonyl (C=O) groups excluding carboxylic acids is 1. The number of halogens is 3. The van der Waals surface area contributed by atoms with E-state index in [1.165, 1.54) is 5.51 Å². The molecule has 0 radical (unpaired) electrons. The van der Waals surface area contributed by atoms with Gasteiger partial charge in [-0.15, -0.1) is 10.2 Å². The summed E-state index contributed by atoms with van der Waals surface area (Å²) in [5, 5.41) is 8.53. The van der Waals surface area contributed by atoms with Crippen LogP contribution in [-0.4, -0.2) is 28.3 Å². The number of nitrogens with two attached hydrogens (primary N) is 1. The number of hydrogen-bond donors (Lipinski definition) is 2. The highest BCUT2D eigenvalue weighted by Gasteiger charge is 2.42. The molecule has 78 valence electrons. The molecule has 1 unspecified atom stereocenters. The lowest BCUT2D eigenvalue weighted by Crippen LogP contribution is -2.47. The summed E-state index contributed by atoms with van der Waals surface area (Å²) in [6.07, 6.45) is -4.76. The van der Waals surface area contributed by atoms with Gasteiger partial charge in [0.2, 0.25) is 5.13 Å². The molecule has 0 fully saturated rings. The Balaban J connectivity index is 2.59. The largest absolute Gasteiger partial charge is 0.412 e. The summed E-state index contributed by atoms with van der Waals surface area (Å²) in [6.45, 7) is 0. The molecule has 0 saturated carbocycles. The van der Waals surface area contributed by atoms with E-state index in [0.29, 0.717) is 0 Å². The number of carbonyl (C=O) groups is 1. The predicted octanol–water partition coefficient (Wildman–Crippen LogP) is 0.366. The number of amides is 1. The Kier molecular flexibility index (Phi) is 3.01. The van der Waals surface area contributed by atoms with Gasteiger partial charge in [-0.2, -0.15) is 13.2 Å². The third kappa shape index (κ3) is 2.64. The Morgan fingerprint density at radius 1 is 1.64 bits per heavy atom. The molecule has 0 spiro atoms. The van der Waals surface area contributed by atoms with Crippen molar-refractivity contribution in [2.45, 2.75) is 12.2 Å². The molecule has 1 amide bonds. The Labute approximate surface area is 80.1 Å². The number of alkyl halides is 3. The SMILES string of the molecule is NC(C(=O)Nc1nncs1)C(F)(F)F. The molecule has 9 heteroatoms. The molecular weight excluding hydrogens is 221 g/mol. The van der Waals surface area contributed by atoms with E-state index in [0.717, 1.165) is 11.3 Å². The summed E-state index contributed by atoms with van der Waals surface area (Å²) >= 11 is 0.902. The lowest BCUT2D eigenvalue weighted by Gasteiger charge is -2.13. The van der Waals surface area contributed by atoms with E-state index in [9.17, 15) is 18.0 Å². The topological polar surface area (TPSA) is 80.9 Å². The van der Waals surface area contributed by atoms with E-state index in [2.05, 4.69) is 15.9 Å². The van der Waals surface area contributed by atoms with E-state index < -0.39 is 18.1 Å². The van der Waals surface area contributed by atoms with Gasteiger partial charge in [0, 0.05) is 0 Å². The Hall–Kier alpha value is -1.22. The molecule has 1 rings (SSSR count). The van der Waals surface area contributed by atoms with Crippen LogP contribution in [0.25, 0.3) is 0 Å². The zero-order chi connectivity index (χ0) is 10.8. The van der Waals surface area contributed by atoms with Crippen LogP contribution in [0.1, 0.15) is 0 Å². The van der Waals surface area contributed by atoms with Gasteiger partial charge < -0.3 is 5.73 Å². The maximum Gasteiger partial charge on any atom is 0.412 e. The molecule has 0 aromatic carbocycles. The van der Waals surface area contributed by atoms with Crippen molar-refractivity contribution in [2.24, 2.45) is 5.73 Å². The Morgan fingerprint density at radius 2 is 2.29 bits per heavy atom. The monoisotopic (exact) mass is 226 g/mol. The van der Waals surface area contributed by atoms with Gasteiger partial charge in [0.1, 0.15) is 5.51 Å². The van der Waals surface area contributed by atoms with Crippen molar-refractivity contribution in [3.05, 3.63) is 5.51 Å². The average Bonchev–Trinajstić information content (AvgIpc) is 2.53. The minimum absolute atomic E-state index is 0.0188. The Morgan fingerprint density at radius 3 is 2.71 bits per heavy atom. The van der Waals surface area contributed by atoms with Crippen molar-refractivity contribution in [2.75, 3.05) is 5.32 Å². The van der Waals surface area contributed by atoms with Crippen LogP contribution < -0.4 is 11.1 Å². The minimum atomic E-state index is -4.76. The third-order valence-corrected chi connectivity index (χ3v) is 1.83. The fourth-order valence-electron chi connectivity index (χ4n) is 0.559.